The number of carbonyl (C=O) groups is 3. The Hall–Kier alpha value is -4.37. The summed E-state index contributed by atoms with van der Waals surface area (Å²) < 4.78 is 10.6. The van der Waals surface area contributed by atoms with Crippen molar-refractivity contribution in [1.29, 1.82) is 0 Å². The summed E-state index contributed by atoms with van der Waals surface area (Å²) in [6.45, 7) is -1.68. The van der Waals surface area contributed by atoms with Crippen LogP contribution in [0.1, 0.15) is 17.5 Å². The van der Waals surface area contributed by atoms with Gasteiger partial charge in [0.15, 0.2) is 0 Å². The smallest absolute Gasteiger partial charge is 0.367 e. The summed E-state index contributed by atoms with van der Waals surface area (Å²) in [4.78, 5) is 37.3. The number of aliphatic hydroxyl groups excluding tert-OH is 4. The highest BCUT2D eigenvalue weighted by Crippen LogP contribution is 2.31. The number of hydrogen-bond donors (Lipinski definition) is 8. The molecule has 1 fully saturated rings. The molecule has 45 heavy (non-hydrogen) atoms. The lowest BCUT2D eigenvalue weighted by Crippen LogP contribution is -2.68. The molecule has 4 rings (SSSR count). The zero-order chi connectivity index (χ0) is 32.6. The number of esters is 1. The van der Waals surface area contributed by atoms with Crippen molar-refractivity contribution in [3.63, 3.8) is 0 Å². The van der Waals surface area contributed by atoms with Crippen molar-refractivity contribution in [3.8, 4) is 16.9 Å². The molecule has 0 saturated carbocycles. The molecule has 0 unspecified atom stereocenters. The molecule has 13 nitrogen and oxygen atoms in total. The Labute approximate surface area is 258 Å². The van der Waals surface area contributed by atoms with Gasteiger partial charge >= 0.3 is 5.97 Å². The number of benzene rings is 3. The molecule has 0 spiro atoms. The molecule has 0 radical (unpaired) electrons. The largest absolute Gasteiger partial charge is 0.508 e. The number of hydrogen-bond acceptors (Lipinski definition) is 11. The van der Waals surface area contributed by atoms with Crippen LogP contribution >= 0.6 is 0 Å². The van der Waals surface area contributed by atoms with Crippen LogP contribution in [0.5, 0.6) is 5.75 Å². The van der Waals surface area contributed by atoms with Crippen LogP contribution in [0, 0.1) is 0 Å². The van der Waals surface area contributed by atoms with Crippen molar-refractivity contribution in [3.05, 3.63) is 90.0 Å². The van der Waals surface area contributed by atoms with Crippen LogP contribution < -0.4 is 10.6 Å². The molecule has 3 aromatic carbocycles. The quantitative estimate of drug-likeness (QED) is 0.120. The van der Waals surface area contributed by atoms with Crippen LogP contribution in [-0.2, 0) is 36.9 Å². The van der Waals surface area contributed by atoms with Gasteiger partial charge in [0.25, 0.3) is 5.79 Å². The maximum absolute atomic E-state index is 12.8. The van der Waals surface area contributed by atoms with Gasteiger partial charge in [-0.2, -0.15) is 0 Å². The molecule has 13 heteroatoms. The van der Waals surface area contributed by atoms with Gasteiger partial charge in [-0.05, 0) is 34.4 Å². The maximum Gasteiger partial charge on any atom is 0.367 e. The number of aliphatic hydroxyl groups is 5. The number of carbonyl (C=O) groups excluding carboxylic acids is 3. The Morgan fingerprint density at radius 2 is 1.53 bits per heavy atom. The number of nitrogens with one attached hydrogen (secondary N) is 2. The number of amides is 2. The third-order valence-corrected chi connectivity index (χ3v) is 7.35. The maximum atomic E-state index is 12.8. The van der Waals surface area contributed by atoms with E-state index in [1.807, 2.05) is 12.1 Å². The average Bonchev–Trinajstić information content (AvgIpc) is 3.04. The first-order valence-corrected chi connectivity index (χ1v) is 14.2. The number of rotatable bonds is 12. The molecule has 1 aliphatic heterocycles. The SMILES string of the molecule is O=C(Cc1ccc(-c2ccc(O)cc2)cc1)NC[C@@H](O)[C@@H](O)[C@@H]1O[C@@](O)(C(=O)OCc2ccccc2)C[C@H](O)[C@H]1NC(=O)CO. The molecular weight excluding hydrogens is 588 g/mol. The predicted octanol–water partition coefficient (Wildman–Crippen LogP) is -0.501. The molecule has 240 valence electrons. The number of aromatic hydroxyl groups is 1. The van der Waals surface area contributed by atoms with Crippen LogP contribution in [0.4, 0.5) is 0 Å². The Morgan fingerprint density at radius 1 is 0.911 bits per heavy atom. The molecule has 1 aliphatic rings. The second-order valence-electron chi connectivity index (χ2n) is 10.7. The highest BCUT2D eigenvalue weighted by Gasteiger charge is 2.54. The summed E-state index contributed by atoms with van der Waals surface area (Å²) >= 11 is 0. The Kier molecular flexibility index (Phi) is 11.2. The summed E-state index contributed by atoms with van der Waals surface area (Å²) in [6.07, 6.45) is -7.92. The lowest BCUT2D eigenvalue weighted by molar-refractivity contribution is -0.297. The van der Waals surface area contributed by atoms with Gasteiger partial charge in [-0.1, -0.05) is 66.7 Å². The topological polar surface area (TPSA) is 215 Å². The summed E-state index contributed by atoms with van der Waals surface area (Å²) in [5, 5.41) is 66.8. The second-order valence-corrected chi connectivity index (χ2v) is 10.7. The predicted molar refractivity (Wildman–Crippen MR) is 158 cm³/mol. The second kappa shape index (κ2) is 15.1. The molecule has 3 aromatic rings. The Morgan fingerprint density at radius 3 is 2.16 bits per heavy atom. The lowest BCUT2D eigenvalue weighted by Gasteiger charge is -2.45. The van der Waals surface area contributed by atoms with E-state index in [2.05, 4.69) is 10.6 Å². The molecule has 0 aromatic heterocycles. The summed E-state index contributed by atoms with van der Waals surface area (Å²) in [7, 11) is 0. The molecule has 6 atom stereocenters. The van der Waals surface area contributed by atoms with Crippen molar-refractivity contribution in [2.24, 2.45) is 0 Å². The number of ether oxygens (including phenoxy) is 2. The van der Waals surface area contributed by atoms with E-state index in [9.17, 15) is 45.0 Å². The highest BCUT2D eigenvalue weighted by atomic mass is 16.7. The summed E-state index contributed by atoms with van der Waals surface area (Å²) in [6, 6.07) is 20.9. The van der Waals surface area contributed by atoms with E-state index in [-0.39, 0.29) is 18.8 Å². The molecule has 2 amide bonds. The first-order chi connectivity index (χ1) is 21.5. The zero-order valence-electron chi connectivity index (χ0n) is 24.2. The molecule has 1 saturated heterocycles. The van der Waals surface area contributed by atoms with Gasteiger partial charge in [0, 0.05) is 13.0 Å². The van der Waals surface area contributed by atoms with Crippen molar-refractivity contribution in [1.82, 2.24) is 10.6 Å². The van der Waals surface area contributed by atoms with Crippen molar-refractivity contribution >= 4 is 17.8 Å². The van der Waals surface area contributed by atoms with Gasteiger partial charge in [-0.15, -0.1) is 0 Å². The molecule has 8 N–H and O–H groups in total. The molecule has 1 heterocycles. The monoisotopic (exact) mass is 624 g/mol. The average molecular weight is 625 g/mol. The highest BCUT2D eigenvalue weighted by molar-refractivity contribution is 5.79. The van der Waals surface area contributed by atoms with E-state index < -0.39 is 73.6 Å². The van der Waals surface area contributed by atoms with E-state index >= 15 is 0 Å². The molecular formula is C32H36N2O11. The van der Waals surface area contributed by atoms with Gasteiger partial charge in [-0.3, -0.25) is 9.59 Å². The van der Waals surface area contributed by atoms with E-state index in [1.165, 1.54) is 0 Å². The third-order valence-electron chi connectivity index (χ3n) is 7.35. The van der Waals surface area contributed by atoms with Crippen LogP contribution in [0.25, 0.3) is 11.1 Å². The summed E-state index contributed by atoms with van der Waals surface area (Å²) in [5.74, 6) is -5.32. The molecule has 0 bridgehead atoms. The fraction of sp³-hybridized carbons (Fsp3) is 0.344. The van der Waals surface area contributed by atoms with Gasteiger partial charge in [0.1, 0.15) is 31.2 Å². The van der Waals surface area contributed by atoms with Gasteiger partial charge in [0.2, 0.25) is 11.8 Å². The normalized spacial score (nSPS) is 22.6. The minimum Gasteiger partial charge on any atom is -0.508 e. The van der Waals surface area contributed by atoms with Crippen molar-refractivity contribution in [2.45, 2.75) is 55.7 Å². The zero-order valence-corrected chi connectivity index (χ0v) is 24.2. The number of phenolic OH excluding ortho intramolecular Hbond substituents is 1. The van der Waals surface area contributed by atoms with E-state index in [1.54, 1.807) is 66.7 Å². The Bertz CT molecular complexity index is 1440. The van der Waals surface area contributed by atoms with Gasteiger partial charge in [0.05, 0.1) is 24.7 Å². The van der Waals surface area contributed by atoms with Crippen LogP contribution in [0.2, 0.25) is 0 Å². The standard InChI is InChI=1S/C32H36N2O11/c35-17-27(40)34-28-24(37)15-32(43,31(42)44-18-20-4-2-1-3-5-20)45-30(28)29(41)25(38)16-33-26(39)14-19-6-8-21(9-7-19)22-10-12-23(36)13-11-22/h1-13,24-25,28-30,35-38,41,43H,14-18H2,(H,33,39)(H,34,40)/t24-,25+,28+,29+,30+,32+/m0/s1. The summed E-state index contributed by atoms with van der Waals surface area (Å²) in [5.41, 5.74) is 3.02. The minimum absolute atomic E-state index is 0.0560. The van der Waals surface area contributed by atoms with Gasteiger partial charge in [-0.25, -0.2) is 4.79 Å². The third kappa shape index (κ3) is 8.85. The van der Waals surface area contributed by atoms with Crippen LogP contribution in [-0.4, -0.2) is 97.8 Å². The molecule has 0 aliphatic carbocycles. The fourth-order valence-corrected chi connectivity index (χ4v) is 4.91. The van der Waals surface area contributed by atoms with Crippen LogP contribution in [0.15, 0.2) is 78.9 Å². The van der Waals surface area contributed by atoms with E-state index in [0.29, 0.717) is 11.1 Å². The lowest BCUT2D eigenvalue weighted by atomic mass is 9.88. The Balaban J connectivity index is 1.38. The minimum atomic E-state index is -2.75. The van der Waals surface area contributed by atoms with E-state index in [4.69, 9.17) is 9.47 Å². The van der Waals surface area contributed by atoms with Crippen LogP contribution in [0.3, 0.4) is 0 Å². The van der Waals surface area contributed by atoms with Crippen molar-refractivity contribution < 1.29 is 54.5 Å². The first kappa shape index (κ1) is 33.5. The van der Waals surface area contributed by atoms with Gasteiger partial charge < -0.3 is 50.7 Å². The number of phenols is 1. The van der Waals surface area contributed by atoms with Crippen molar-refractivity contribution in [2.75, 3.05) is 13.2 Å². The first-order valence-electron chi connectivity index (χ1n) is 14.2. The fourth-order valence-electron chi connectivity index (χ4n) is 4.91. The van der Waals surface area contributed by atoms with E-state index in [0.717, 1.165) is 11.1 Å².